The summed E-state index contributed by atoms with van der Waals surface area (Å²) in [6.45, 7) is 9.13. The van der Waals surface area contributed by atoms with E-state index in [1.165, 1.54) is 5.56 Å². The van der Waals surface area contributed by atoms with E-state index in [0.29, 0.717) is 5.92 Å². The zero-order valence-electron chi connectivity index (χ0n) is 15.1. The van der Waals surface area contributed by atoms with Gasteiger partial charge in [0.2, 0.25) is 0 Å². The van der Waals surface area contributed by atoms with Crippen molar-refractivity contribution in [1.82, 2.24) is 14.8 Å². The second kappa shape index (κ2) is 8.30. The lowest BCUT2D eigenvalue weighted by Crippen LogP contribution is -2.45. The molecule has 0 N–H and O–H groups in total. The van der Waals surface area contributed by atoms with Crippen LogP contribution in [0.1, 0.15) is 39.2 Å². The van der Waals surface area contributed by atoms with Gasteiger partial charge in [0, 0.05) is 32.4 Å². The molecule has 1 saturated heterocycles. The molecule has 6 heteroatoms. The third kappa shape index (κ3) is 6.40. The average molecular weight is 398 g/mol. The molecule has 1 unspecified atom stereocenters. The van der Waals surface area contributed by atoms with Crippen molar-refractivity contribution in [3.05, 3.63) is 28.5 Å². The van der Waals surface area contributed by atoms with E-state index in [1.807, 2.05) is 37.9 Å². The predicted molar refractivity (Wildman–Crippen MR) is 98.8 cm³/mol. The number of likely N-dealkylation sites (tertiary alicyclic amines) is 1. The fourth-order valence-electron chi connectivity index (χ4n) is 3.02. The molecular formula is C18H28BrN3O2. The molecule has 2 rings (SSSR count). The minimum absolute atomic E-state index is 0.188. The standard InChI is InChI=1S/C18H28BrN3O2/c1-18(2,3)24-17(23)22-9-5-6-15(13-22)12-21(4)11-14-7-8-16(19)20-10-14/h7-8,10,15H,5-6,9,11-13H2,1-4H3. The van der Waals surface area contributed by atoms with Crippen molar-refractivity contribution in [3.8, 4) is 0 Å². The van der Waals surface area contributed by atoms with Crippen LogP contribution in [0.15, 0.2) is 22.9 Å². The Hall–Kier alpha value is -1.14. The number of halogens is 1. The first-order chi connectivity index (χ1) is 11.2. The molecule has 1 atom stereocenters. The van der Waals surface area contributed by atoms with E-state index in [-0.39, 0.29) is 6.09 Å². The highest BCUT2D eigenvalue weighted by atomic mass is 79.9. The van der Waals surface area contributed by atoms with Gasteiger partial charge in [-0.3, -0.25) is 0 Å². The summed E-state index contributed by atoms with van der Waals surface area (Å²) < 4.78 is 6.35. The summed E-state index contributed by atoms with van der Waals surface area (Å²) >= 11 is 3.36. The summed E-state index contributed by atoms with van der Waals surface area (Å²) in [4.78, 5) is 20.7. The van der Waals surface area contributed by atoms with E-state index in [2.05, 4.69) is 38.9 Å². The number of nitrogens with zero attached hydrogens (tertiary/aromatic N) is 3. The summed E-state index contributed by atoms with van der Waals surface area (Å²) in [5, 5.41) is 0. The Morgan fingerprint density at radius 2 is 2.21 bits per heavy atom. The first kappa shape index (κ1) is 19.2. The third-order valence-electron chi connectivity index (χ3n) is 3.98. The van der Waals surface area contributed by atoms with Gasteiger partial charge >= 0.3 is 6.09 Å². The van der Waals surface area contributed by atoms with Gasteiger partial charge in [-0.05, 0) is 74.1 Å². The van der Waals surface area contributed by atoms with Crippen molar-refractivity contribution in [3.63, 3.8) is 0 Å². The van der Waals surface area contributed by atoms with Crippen LogP contribution >= 0.6 is 15.9 Å². The van der Waals surface area contributed by atoms with Crippen LogP contribution in [-0.4, -0.2) is 53.2 Å². The highest BCUT2D eigenvalue weighted by Gasteiger charge is 2.28. The van der Waals surface area contributed by atoms with Crippen LogP contribution in [0, 0.1) is 5.92 Å². The minimum Gasteiger partial charge on any atom is -0.444 e. The number of rotatable bonds is 4. The Labute approximate surface area is 153 Å². The van der Waals surface area contributed by atoms with Crippen molar-refractivity contribution in [2.45, 2.75) is 45.8 Å². The predicted octanol–water partition coefficient (Wildman–Crippen LogP) is 3.92. The molecule has 1 fully saturated rings. The van der Waals surface area contributed by atoms with Gasteiger partial charge in [0.05, 0.1) is 0 Å². The lowest BCUT2D eigenvalue weighted by molar-refractivity contribution is 0.0148. The van der Waals surface area contributed by atoms with Crippen LogP contribution in [0.5, 0.6) is 0 Å². The molecule has 1 aromatic rings. The van der Waals surface area contributed by atoms with Crippen LogP contribution in [0.25, 0.3) is 0 Å². The highest BCUT2D eigenvalue weighted by Crippen LogP contribution is 2.20. The van der Waals surface area contributed by atoms with Crippen molar-refractivity contribution < 1.29 is 9.53 Å². The maximum absolute atomic E-state index is 12.2. The number of ether oxygens (including phenoxy) is 1. The lowest BCUT2D eigenvalue weighted by Gasteiger charge is -2.35. The molecule has 1 aliphatic rings. The van der Waals surface area contributed by atoms with Crippen LogP contribution in [0.4, 0.5) is 4.79 Å². The summed E-state index contributed by atoms with van der Waals surface area (Å²) in [7, 11) is 2.12. The van der Waals surface area contributed by atoms with Gasteiger partial charge < -0.3 is 14.5 Å². The van der Waals surface area contributed by atoms with Crippen LogP contribution in [-0.2, 0) is 11.3 Å². The average Bonchev–Trinajstić information content (AvgIpc) is 2.48. The normalized spacial score (nSPS) is 18.8. The van der Waals surface area contributed by atoms with Crippen LogP contribution < -0.4 is 0 Å². The largest absolute Gasteiger partial charge is 0.444 e. The number of pyridine rings is 1. The second-order valence-electron chi connectivity index (χ2n) is 7.62. The SMILES string of the molecule is CN(Cc1ccc(Br)nc1)CC1CCCN(C(=O)OC(C)(C)C)C1. The molecule has 0 aromatic carbocycles. The summed E-state index contributed by atoms with van der Waals surface area (Å²) in [6.07, 6.45) is 3.90. The molecule has 2 heterocycles. The van der Waals surface area contributed by atoms with Crippen molar-refractivity contribution >= 4 is 22.0 Å². The van der Waals surface area contributed by atoms with E-state index in [9.17, 15) is 4.79 Å². The van der Waals surface area contributed by atoms with Gasteiger partial charge in [0.15, 0.2) is 0 Å². The molecule has 1 aliphatic heterocycles. The van der Waals surface area contributed by atoms with Crippen molar-refractivity contribution in [1.29, 1.82) is 0 Å². The molecular weight excluding hydrogens is 370 g/mol. The summed E-state index contributed by atoms with van der Waals surface area (Å²) in [6, 6.07) is 4.05. The molecule has 1 aromatic heterocycles. The Morgan fingerprint density at radius 1 is 1.46 bits per heavy atom. The molecule has 5 nitrogen and oxygen atoms in total. The van der Waals surface area contributed by atoms with Crippen LogP contribution in [0.3, 0.4) is 0 Å². The molecule has 0 aliphatic carbocycles. The van der Waals surface area contributed by atoms with E-state index in [0.717, 1.165) is 43.6 Å². The van der Waals surface area contributed by atoms with Crippen molar-refractivity contribution in [2.75, 3.05) is 26.7 Å². The molecule has 1 amide bonds. The van der Waals surface area contributed by atoms with E-state index in [1.54, 1.807) is 0 Å². The summed E-state index contributed by atoms with van der Waals surface area (Å²) in [5.74, 6) is 0.486. The van der Waals surface area contributed by atoms with Gasteiger partial charge in [0.1, 0.15) is 10.2 Å². The van der Waals surface area contributed by atoms with Gasteiger partial charge in [-0.15, -0.1) is 0 Å². The zero-order chi connectivity index (χ0) is 17.7. The maximum atomic E-state index is 12.2. The van der Waals surface area contributed by atoms with E-state index < -0.39 is 5.60 Å². The monoisotopic (exact) mass is 397 g/mol. The first-order valence-electron chi connectivity index (χ1n) is 8.50. The number of hydrogen-bond acceptors (Lipinski definition) is 4. The fraction of sp³-hybridized carbons (Fsp3) is 0.667. The highest BCUT2D eigenvalue weighted by molar-refractivity contribution is 9.10. The topological polar surface area (TPSA) is 45.7 Å². The Morgan fingerprint density at radius 3 is 2.83 bits per heavy atom. The second-order valence-corrected chi connectivity index (χ2v) is 8.43. The third-order valence-corrected chi connectivity index (χ3v) is 4.45. The smallest absolute Gasteiger partial charge is 0.410 e. The number of aromatic nitrogens is 1. The van der Waals surface area contributed by atoms with Gasteiger partial charge in [-0.1, -0.05) is 6.07 Å². The van der Waals surface area contributed by atoms with Gasteiger partial charge in [-0.25, -0.2) is 9.78 Å². The van der Waals surface area contributed by atoms with E-state index in [4.69, 9.17) is 4.74 Å². The Bertz CT molecular complexity index is 542. The molecule has 0 bridgehead atoms. The Balaban J connectivity index is 1.83. The molecule has 24 heavy (non-hydrogen) atoms. The molecule has 0 saturated carbocycles. The fourth-order valence-corrected chi connectivity index (χ4v) is 3.26. The zero-order valence-corrected chi connectivity index (χ0v) is 16.7. The van der Waals surface area contributed by atoms with E-state index >= 15 is 0 Å². The lowest BCUT2D eigenvalue weighted by atomic mass is 9.97. The number of amides is 1. The van der Waals surface area contributed by atoms with Crippen molar-refractivity contribution in [2.24, 2.45) is 5.92 Å². The number of piperidine rings is 1. The van der Waals surface area contributed by atoms with Gasteiger partial charge in [0.25, 0.3) is 0 Å². The first-order valence-corrected chi connectivity index (χ1v) is 9.29. The number of carbonyl (C=O) groups excluding carboxylic acids is 1. The number of hydrogen-bond donors (Lipinski definition) is 0. The van der Waals surface area contributed by atoms with Crippen LogP contribution in [0.2, 0.25) is 0 Å². The Kier molecular flexibility index (Phi) is 6.63. The summed E-state index contributed by atoms with van der Waals surface area (Å²) in [5.41, 5.74) is 0.760. The molecule has 0 spiro atoms. The molecule has 134 valence electrons. The van der Waals surface area contributed by atoms with Gasteiger partial charge in [-0.2, -0.15) is 0 Å². The quantitative estimate of drug-likeness (QED) is 0.722. The maximum Gasteiger partial charge on any atom is 0.410 e. The number of carbonyl (C=O) groups is 1. The molecule has 0 radical (unpaired) electrons. The minimum atomic E-state index is -0.435.